The Hall–Kier alpha value is -0.870. The van der Waals surface area contributed by atoms with Crippen molar-refractivity contribution in [2.45, 2.75) is 32.9 Å². The van der Waals surface area contributed by atoms with Gasteiger partial charge in [0, 0.05) is 31.0 Å². The molecular weight excluding hydrogens is 190 g/mol. The minimum absolute atomic E-state index is 0.158. The summed E-state index contributed by atoms with van der Waals surface area (Å²) in [4.78, 5) is 6.33. The smallest absolute Gasteiger partial charge is 0.105 e. The van der Waals surface area contributed by atoms with Crippen LogP contribution in [0.15, 0.2) is 12.4 Å². The van der Waals surface area contributed by atoms with Crippen molar-refractivity contribution in [2.24, 2.45) is 0 Å². The number of aliphatic hydroxyl groups is 1. The zero-order valence-corrected chi connectivity index (χ0v) is 10.1. The highest BCUT2D eigenvalue weighted by atomic mass is 16.3. The number of imidazole rings is 1. The summed E-state index contributed by atoms with van der Waals surface area (Å²) in [6.45, 7) is 8.06. The molecule has 1 aromatic heterocycles. The topological polar surface area (TPSA) is 41.3 Å². The minimum Gasteiger partial charge on any atom is -0.394 e. The van der Waals surface area contributed by atoms with E-state index in [-0.39, 0.29) is 12.1 Å². The number of aromatic nitrogens is 2. The second kappa shape index (κ2) is 4.77. The molecule has 0 radical (unpaired) electrons. The van der Waals surface area contributed by atoms with E-state index in [0.29, 0.717) is 0 Å². The molecule has 0 aromatic carbocycles. The second-order valence-corrected chi connectivity index (χ2v) is 4.56. The quantitative estimate of drug-likeness (QED) is 0.786. The molecule has 1 rings (SSSR count). The first kappa shape index (κ1) is 12.2. The van der Waals surface area contributed by atoms with Gasteiger partial charge in [-0.15, -0.1) is 0 Å². The first-order valence-electron chi connectivity index (χ1n) is 5.27. The number of likely N-dealkylation sites (N-methyl/N-ethyl adjacent to an activating group) is 1. The van der Waals surface area contributed by atoms with E-state index in [2.05, 4.69) is 14.5 Å². The highest BCUT2D eigenvalue weighted by molar-refractivity contribution is 4.89. The van der Waals surface area contributed by atoms with Crippen LogP contribution in [-0.4, -0.2) is 45.3 Å². The van der Waals surface area contributed by atoms with Crippen molar-refractivity contribution < 1.29 is 5.11 Å². The average Bonchev–Trinajstić information content (AvgIpc) is 2.60. The van der Waals surface area contributed by atoms with E-state index >= 15 is 0 Å². The summed E-state index contributed by atoms with van der Waals surface area (Å²) in [6.07, 6.45) is 3.79. The van der Waals surface area contributed by atoms with Crippen molar-refractivity contribution in [2.75, 3.05) is 20.2 Å². The van der Waals surface area contributed by atoms with Crippen molar-refractivity contribution in [1.82, 2.24) is 14.5 Å². The molecule has 0 aliphatic heterocycles. The van der Waals surface area contributed by atoms with Crippen LogP contribution >= 0.6 is 0 Å². The third kappa shape index (κ3) is 3.04. The van der Waals surface area contributed by atoms with E-state index < -0.39 is 0 Å². The highest BCUT2D eigenvalue weighted by Gasteiger charge is 2.21. The van der Waals surface area contributed by atoms with E-state index in [1.807, 2.05) is 40.2 Å². The molecule has 1 heterocycles. The van der Waals surface area contributed by atoms with Crippen LogP contribution in [0, 0.1) is 6.92 Å². The summed E-state index contributed by atoms with van der Waals surface area (Å²) in [5.74, 6) is 1.03. The Morgan fingerprint density at radius 1 is 1.53 bits per heavy atom. The summed E-state index contributed by atoms with van der Waals surface area (Å²) in [5, 5.41) is 9.22. The lowest BCUT2D eigenvalue weighted by Gasteiger charge is -2.33. The van der Waals surface area contributed by atoms with Gasteiger partial charge < -0.3 is 9.67 Å². The van der Waals surface area contributed by atoms with Gasteiger partial charge in [0.2, 0.25) is 0 Å². The zero-order valence-electron chi connectivity index (χ0n) is 10.1. The Labute approximate surface area is 91.5 Å². The van der Waals surface area contributed by atoms with Gasteiger partial charge >= 0.3 is 0 Å². The van der Waals surface area contributed by atoms with Crippen molar-refractivity contribution >= 4 is 0 Å². The van der Waals surface area contributed by atoms with Crippen molar-refractivity contribution in [3.05, 3.63) is 18.2 Å². The van der Waals surface area contributed by atoms with Crippen molar-refractivity contribution in [1.29, 1.82) is 0 Å². The molecule has 0 fully saturated rings. The molecule has 0 saturated heterocycles. The van der Waals surface area contributed by atoms with E-state index in [4.69, 9.17) is 0 Å². The molecule has 86 valence electrons. The van der Waals surface area contributed by atoms with Gasteiger partial charge in [0.05, 0.1) is 6.61 Å². The summed E-state index contributed by atoms with van der Waals surface area (Å²) < 4.78 is 2.12. The molecule has 0 atom stereocenters. The number of hydrogen-bond donors (Lipinski definition) is 1. The Balaban J connectivity index is 2.48. The summed E-state index contributed by atoms with van der Waals surface area (Å²) in [6, 6.07) is 0. The summed E-state index contributed by atoms with van der Waals surface area (Å²) in [5.41, 5.74) is -0.158. The van der Waals surface area contributed by atoms with Crippen molar-refractivity contribution in [3.8, 4) is 0 Å². The van der Waals surface area contributed by atoms with Crippen LogP contribution in [0.25, 0.3) is 0 Å². The lowest BCUT2D eigenvalue weighted by molar-refractivity contribution is 0.0762. The van der Waals surface area contributed by atoms with Gasteiger partial charge in [-0.2, -0.15) is 0 Å². The monoisotopic (exact) mass is 211 g/mol. The average molecular weight is 211 g/mol. The minimum atomic E-state index is -0.158. The highest BCUT2D eigenvalue weighted by Crippen LogP contribution is 2.10. The Kier molecular flexibility index (Phi) is 3.88. The summed E-state index contributed by atoms with van der Waals surface area (Å²) >= 11 is 0. The lowest BCUT2D eigenvalue weighted by atomic mass is 10.1. The fraction of sp³-hybridized carbons (Fsp3) is 0.727. The SMILES string of the molecule is Cc1nccn1CCN(C)C(C)(C)CO. The summed E-state index contributed by atoms with van der Waals surface area (Å²) in [7, 11) is 2.03. The maximum atomic E-state index is 9.22. The molecule has 0 saturated carbocycles. The van der Waals surface area contributed by atoms with E-state index in [9.17, 15) is 5.11 Å². The molecule has 0 amide bonds. The van der Waals surface area contributed by atoms with Gasteiger partial charge in [0.25, 0.3) is 0 Å². The maximum absolute atomic E-state index is 9.22. The maximum Gasteiger partial charge on any atom is 0.105 e. The zero-order chi connectivity index (χ0) is 11.5. The van der Waals surface area contributed by atoms with Gasteiger partial charge in [-0.05, 0) is 27.8 Å². The normalized spacial score (nSPS) is 12.4. The molecule has 1 N–H and O–H groups in total. The predicted octanol–water partition coefficient (Wildman–Crippen LogP) is 0.894. The van der Waals surface area contributed by atoms with Gasteiger partial charge in [-0.1, -0.05) is 0 Å². The van der Waals surface area contributed by atoms with Crippen LogP contribution in [0.2, 0.25) is 0 Å². The fourth-order valence-corrected chi connectivity index (χ4v) is 1.32. The molecule has 0 spiro atoms. The Morgan fingerprint density at radius 2 is 2.20 bits per heavy atom. The molecular formula is C11H21N3O. The molecule has 15 heavy (non-hydrogen) atoms. The number of nitrogens with zero attached hydrogens (tertiary/aromatic N) is 3. The Bertz CT molecular complexity index is 307. The van der Waals surface area contributed by atoms with E-state index in [1.54, 1.807) is 0 Å². The molecule has 4 nitrogen and oxygen atoms in total. The third-order valence-corrected chi connectivity index (χ3v) is 3.02. The predicted molar refractivity (Wildman–Crippen MR) is 60.8 cm³/mol. The fourth-order valence-electron chi connectivity index (χ4n) is 1.32. The van der Waals surface area contributed by atoms with Crippen LogP contribution in [0.3, 0.4) is 0 Å². The number of rotatable bonds is 5. The van der Waals surface area contributed by atoms with Gasteiger partial charge in [0.15, 0.2) is 0 Å². The van der Waals surface area contributed by atoms with Crippen LogP contribution < -0.4 is 0 Å². The molecule has 0 aliphatic carbocycles. The molecule has 0 bridgehead atoms. The number of hydrogen-bond acceptors (Lipinski definition) is 3. The molecule has 0 aliphatic rings. The van der Waals surface area contributed by atoms with Gasteiger partial charge in [0.1, 0.15) is 5.82 Å². The standard InChI is InChI=1S/C11H21N3O/c1-10-12-5-6-14(10)8-7-13(4)11(2,3)9-15/h5-6,15H,7-9H2,1-4H3. The van der Waals surface area contributed by atoms with Gasteiger partial charge in [-0.3, -0.25) is 4.90 Å². The number of aryl methyl sites for hydroxylation is 1. The lowest BCUT2D eigenvalue weighted by Crippen LogP contribution is -2.45. The molecule has 0 unspecified atom stereocenters. The van der Waals surface area contributed by atoms with Crippen LogP contribution in [0.5, 0.6) is 0 Å². The van der Waals surface area contributed by atoms with Crippen LogP contribution in [-0.2, 0) is 6.54 Å². The van der Waals surface area contributed by atoms with Crippen molar-refractivity contribution in [3.63, 3.8) is 0 Å². The first-order valence-corrected chi connectivity index (χ1v) is 5.27. The van der Waals surface area contributed by atoms with Crippen LogP contribution in [0.1, 0.15) is 19.7 Å². The first-order chi connectivity index (χ1) is 6.97. The number of aliphatic hydroxyl groups excluding tert-OH is 1. The third-order valence-electron chi connectivity index (χ3n) is 3.02. The molecule has 1 aromatic rings. The van der Waals surface area contributed by atoms with E-state index in [0.717, 1.165) is 18.9 Å². The van der Waals surface area contributed by atoms with Crippen LogP contribution in [0.4, 0.5) is 0 Å². The largest absolute Gasteiger partial charge is 0.394 e. The Morgan fingerprint density at radius 3 is 2.67 bits per heavy atom. The van der Waals surface area contributed by atoms with Gasteiger partial charge in [-0.25, -0.2) is 4.98 Å². The second-order valence-electron chi connectivity index (χ2n) is 4.56. The van der Waals surface area contributed by atoms with E-state index in [1.165, 1.54) is 0 Å². The molecule has 4 heteroatoms.